The van der Waals surface area contributed by atoms with E-state index in [-0.39, 0.29) is 11.5 Å². The van der Waals surface area contributed by atoms with Crippen LogP contribution < -0.4 is 5.32 Å². The summed E-state index contributed by atoms with van der Waals surface area (Å²) in [6, 6.07) is 0. The Bertz CT molecular complexity index is 446. The van der Waals surface area contributed by atoms with Crippen molar-refractivity contribution in [3.8, 4) is 0 Å². The molecule has 1 aliphatic rings. The Morgan fingerprint density at radius 3 is 2.79 bits per heavy atom. The molecule has 0 bridgehead atoms. The van der Waals surface area contributed by atoms with E-state index in [9.17, 15) is 0 Å². The number of rotatable bonds is 5. The Balaban J connectivity index is 2.25. The quantitative estimate of drug-likeness (QED) is 0.902. The molecule has 2 unspecified atom stereocenters. The molecule has 2 rings (SSSR count). The lowest BCUT2D eigenvalue weighted by atomic mass is 9.77. The molecule has 1 aliphatic heterocycles. The van der Waals surface area contributed by atoms with E-state index >= 15 is 0 Å². The Labute approximate surface area is 120 Å². The van der Waals surface area contributed by atoms with Crippen molar-refractivity contribution in [3.63, 3.8) is 0 Å². The summed E-state index contributed by atoms with van der Waals surface area (Å²) in [5.74, 6) is 0. The Kier molecular flexibility index (Phi) is 4.54. The summed E-state index contributed by atoms with van der Waals surface area (Å²) in [4.78, 5) is 0. The molecule has 19 heavy (non-hydrogen) atoms. The fourth-order valence-corrected chi connectivity index (χ4v) is 3.15. The maximum absolute atomic E-state index is 6.39. The number of ether oxygens (including phenoxy) is 1. The maximum Gasteiger partial charge on any atom is 0.0847 e. The van der Waals surface area contributed by atoms with Crippen LogP contribution in [0.25, 0.3) is 0 Å². The molecule has 0 aliphatic carbocycles. The number of hydrogen-bond acceptors (Lipinski definition) is 3. The van der Waals surface area contributed by atoms with Gasteiger partial charge in [0.25, 0.3) is 0 Å². The third-order valence-electron chi connectivity index (χ3n) is 4.34. The highest BCUT2D eigenvalue weighted by molar-refractivity contribution is 6.31. The standard InChI is InChI=1S/C14H24ClN3O/c1-5-16-9-14(6-7-19-11(14)3)8-12-13(15)10(2)17-18(12)4/h11,16H,5-9H2,1-4H3. The summed E-state index contributed by atoms with van der Waals surface area (Å²) in [7, 11) is 1.97. The fourth-order valence-electron chi connectivity index (χ4n) is 2.93. The molecule has 0 radical (unpaired) electrons. The largest absolute Gasteiger partial charge is 0.378 e. The van der Waals surface area contributed by atoms with E-state index < -0.39 is 0 Å². The van der Waals surface area contributed by atoms with Crippen LogP contribution in [0.4, 0.5) is 0 Å². The van der Waals surface area contributed by atoms with Crippen LogP contribution in [0.3, 0.4) is 0 Å². The van der Waals surface area contributed by atoms with E-state index in [4.69, 9.17) is 16.3 Å². The van der Waals surface area contributed by atoms with E-state index in [1.165, 1.54) is 0 Å². The lowest BCUT2D eigenvalue weighted by molar-refractivity contribution is 0.0624. The van der Waals surface area contributed by atoms with Gasteiger partial charge in [0.1, 0.15) is 0 Å². The van der Waals surface area contributed by atoms with Gasteiger partial charge in [0, 0.05) is 32.0 Å². The zero-order chi connectivity index (χ0) is 14.0. The molecule has 4 nitrogen and oxygen atoms in total. The SMILES string of the molecule is CCNCC1(Cc2c(Cl)c(C)nn2C)CCOC1C. The van der Waals surface area contributed by atoms with Crippen molar-refractivity contribution in [2.45, 2.75) is 39.7 Å². The van der Waals surface area contributed by atoms with Crippen molar-refractivity contribution in [3.05, 3.63) is 16.4 Å². The van der Waals surface area contributed by atoms with Crippen LogP contribution in [0.5, 0.6) is 0 Å². The Morgan fingerprint density at radius 1 is 1.58 bits per heavy atom. The summed E-state index contributed by atoms with van der Waals surface area (Å²) >= 11 is 6.39. The average Bonchev–Trinajstić information content (AvgIpc) is 2.84. The fraction of sp³-hybridized carbons (Fsp3) is 0.786. The van der Waals surface area contributed by atoms with Crippen molar-refractivity contribution in [2.24, 2.45) is 12.5 Å². The number of aromatic nitrogens is 2. The molecule has 0 saturated carbocycles. The van der Waals surface area contributed by atoms with Gasteiger partial charge >= 0.3 is 0 Å². The summed E-state index contributed by atoms with van der Waals surface area (Å²) < 4.78 is 7.72. The van der Waals surface area contributed by atoms with E-state index in [1.54, 1.807) is 0 Å². The highest BCUT2D eigenvalue weighted by atomic mass is 35.5. The molecule has 108 valence electrons. The van der Waals surface area contributed by atoms with Crippen molar-refractivity contribution in [1.82, 2.24) is 15.1 Å². The second-order valence-corrected chi connectivity index (χ2v) is 5.93. The monoisotopic (exact) mass is 285 g/mol. The van der Waals surface area contributed by atoms with E-state index in [0.29, 0.717) is 0 Å². The molecule has 1 aromatic heterocycles. The van der Waals surface area contributed by atoms with Gasteiger partial charge in [0.2, 0.25) is 0 Å². The number of nitrogens with one attached hydrogen (secondary N) is 1. The van der Waals surface area contributed by atoms with Crippen molar-refractivity contribution in [2.75, 3.05) is 19.7 Å². The Hall–Kier alpha value is -0.580. The summed E-state index contributed by atoms with van der Waals surface area (Å²) in [6.07, 6.45) is 2.23. The van der Waals surface area contributed by atoms with Crippen molar-refractivity contribution in [1.29, 1.82) is 0 Å². The second-order valence-electron chi connectivity index (χ2n) is 5.55. The van der Waals surface area contributed by atoms with Crippen molar-refractivity contribution >= 4 is 11.6 Å². The van der Waals surface area contributed by atoms with E-state index in [0.717, 1.165) is 48.9 Å². The van der Waals surface area contributed by atoms with Crippen LogP contribution in [-0.4, -0.2) is 35.6 Å². The smallest absolute Gasteiger partial charge is 0.0847 e. The predicted molar refractivity (Wildman–Crippen MR) is 77.7 cm³/mol. The molecule has 2 atom stereocenters. The van der Waals surface area contributed by atoms with E-state index in [1.807, 2.05) is 18.7 Å². The van der Waals surface area contributed by atoms with Gasteiger partial charge in [-0.15, -0.1) is 0 Å². The summed E-state index contributed by atoms with van der Waals surface area (Å²) in [6.45, 7) is 9.03. The molecular formula is C14H24ClN3O. The lowest BCUT2D eigenvalue weighted by Crippen LogP contribution is -2.41. The molecular weight excluding hydrogens is 262 g/mol. The van der Waals surface area contributed by atoms with Crippen LogP contribution in [0.15, 0.2) is 0 Å². The zero-order valence-corrected chi connectivity index (χ0v) is 13.0. The average molecular weight is 286 g/mol. The number of hydrogen-bond donors (Lipinski definition) is 1. The molecule has 2 heterocycles. The minimum Gasteiger partial charge on any atom is -0.378 e. The third kappa shape index (κ3) is 2.81. The van der Waals surface area contributed by atoms with Gasteiger partial charge in [-0.3, -0.25) is 4.68 Å². The topological polar surface area (TPSA) is 39.1 Å². The van der Waals surface area contributed by atoms with Crippen LogP contribution in [0.2, 0.25) is 5.02 Å². The summed E-state index contributed by atoms with van der Waals surface area (Å²) in [5, 5.41) is 8.69. The van der Waals surface area contributed by atoms with E-state index in [2.05, 4.69) is 24.3 Å². The number of nitrogens with zero attached hydrogens (tertiary/aromatic N) is 2. The normalized spacial score (nSPS) is 27.1. The maximum atomic E-state index is 6.39. The first kappa shape index (κ1) is 14.8. The first-order valence-corrected chi connectivity index (χ1v) is 7.38. The first-order valence-electron chi connectivity index (χ1n) is 7.00. The van der Waals surface area contributed by atoms with Crippen LogP contribution in [0, 0.1) is 12.3 Å². The molecule has 1 aromatic rings. The van der Waals surface area contributed by atoms with Gasteiger partial charge in [0.15, 0.2) is 0 Å². The van der Waals surface area contributed by atoms with Gasteiger partial charge < -0.3 is 10.1 Å². The van der Waals surface area contributed by atoms with Crippen LogP contribution in [-0.2, 0) is 18.2 Å². The molecule has 0 aromatic carbocycles. The minimum absolute atomic E-state index is 0.125. The molecule has 0 amide bonds. The molecule has 1 fully saturated rings. The second kappa shape index (κ2) is 5.81. The van der Waals surface area contributed by atoms with Crippen molar-refractivity contribution < 1.29 is 4.74 Å². The molecule has 5 heteroatoms. The van der Waals surface area contributed by atoms with Gasteiger partial charge in [-0.1, -0.05) is 18.5 Å². The predicted octanol–water partition coefficient (Wildman–Crippen LogP) is 2.33. The molecule has 1 saturated heterocycles. The summed E-state index contributed by atoms with van der Waals surface area (Å²) in [5.41, 5.74) is 2.15. The highest BCUT2D eigenvalue weighted by Crippen LogP contribution is 2.39. The minimum atomic E-state index is 0.125. The van der Waals surface area contributed by atoms with Gasteiger partial charge in [0.05, 0.1) is 22.5 Å². The molecule has 0 spiro atoms. The van der Waals surface area contributed by atoms with Gasteiger partial charge in [-0.2, -0.15) is 5.10 Å². The Morgan fingerprint density at radius 2 is 2.32 bits per heavy atom. The van der Waals surface area contributed by atoms with Gasteiger partial charge in [-0.25, -0.2) is 0 Å². The molecule has 1 N–H and O–H groups in total. The first-order chi connectivity index (χ1) is 9.00. The van der Waals surface area contributed by atoms with Crippen LogP contribution in [0.1, 0.15) is 31.7 Å². The highest BCUT2D eigenvalue weighted by Gasteiger charge is 2.42. The third-order valence-corrected chi connectivity index (χ3v) is 4.83. The lowest BCUT2D eigenvalue weighted by Gasteiger charge is -2.32. The number of halogens is 1. The van der Waals surface area contributed by atoms with Gasteiger partial charge in [-0.05, 0) is 26.8 Å². The van der Waals surface area contributed by atoms with Crippen LogP contribution >= 0.6 is 11.6 Å². The zero-order valence-electron chi connectivity index (χ0n) is 12.3. The number of aryl methyl sites for hydroxylation is 2.